The predicted molar refractivity (Wildman–Crippen MR) is 85.9 cm³/mol. The largest absolute Gasteiger partial charge is 0.391 e. The molecule has 122 valence electrons. The highest BCUT2D eigenvalue weighted by atomic mass is 16.3. The Bertz CT molecular complexity index is 348. The standard InChI is InChI=1S/C18H33NO2/c1-18(2,3)11-16(20)12-19-17(21)15-9-8-13-6-4-5-7-14(13)10-15/h13-16,20H,4-12H2,1-3H3,(H,19,21). The molecule has 2 aliphatic carbocycles. The van der Waals surface area contributed by atoms with Crippen molar-refractivity contribution in [3.05, 3.63) is 0 Å². The molecule has 4 atom stereocenters. The summed E-state index contributed by atoms with van der Waals surface area (Å²) < 4.78 is 0. The zero-order valence-electron chi connectivity index (χ0n) is 14.0. The Morgan fingerprint density at radius 2 is 1.81 bits per heavy atom. The summed E-state index contributed by atoms with van der Waals surface area (Å²) in [5.41, 5.74) is 0.101. The summed E-state index contributed by atoms with van der Waals surface area (Å²) in [5, 5.41) is 13.0. The van der Waals surface area contributed by atoms with Gasteiger partial charge in [-0.15, -0.1) is 0 Å². The fraction of sp³-hybridized carbons (Fsp3) is 0.944. The summed E-state index contributed by atoms with van der Waals surface area (Å²) in [6, 6.07) is 0. The lowest BCUT2D eigenvalue weighted by molar-refractivity contribution is -0.127. The summed E-state index contributed by atoms with van der Waals surface area (Å²) >= 11 is 0. The molecule has 4 unspecified atom stereocenters. The third-order valence-corrected chi connectivity index (χ3v) is 5.27. The zero-order chi connectivity index (χ0) is 15.5. The third-order valence-electron chi connectivity index (χ3n) is 5.27. The van der Waals surface area contributed by atoms with Gasteiger partial charge in [-0.1, -0.05) is 46.5 Å². The van der Waals surface area contributed by atoms with Crippen molar-refractivity contribution < 1.29 is 9.90 Å². The molecule has 0 aromatic rings. The van der Waals surface area contributed by atoms with E-state index in [0.717, 1.165) is 31.1 Å². The van der Waals surface area contributed by atoms with Gasteiger partial charge in [0.15, 0.2) is 0 Å². The molecule has 0 aliphatic heterocycles. The van der Waals surface area contributed by atoms with E-state index >= 15 is 0 Å². The first-order chi connectivity index (χ1) is 9.85. The van der Waals surface area contributed by atoms with Gasteiger partial charge in [-0.25, -0.2) is 0 Å². The highest BCUT2D eigenvalue weighted by Gasteiger charge is 2.35. The fourth-order valence-corrected chi connectivity index (χ4v) is 4.25. The van der Waals surface area contributed by atoms with E-state index in [1.54, 1.807) is 0 Å². The lowest BCUT2D eigenvalue weighted by atomic mass is 9.67. The summed E-state index contributed by atoms with van der Waals surface area (Å²) in [6.07, 6.45) is 9.07. The third kappa shape index (κ3) is 5.28. The number of fused-ring (bicyclic) bond motifs is 1. The second kappa shape index (κ2) is 7.13. The highest BCUT2D eigenvalue weighted by Crippen LogP contribution is 2.42. The quantitative estimate of drug-likeness (QED) is 0.834. The molecule has 21 heavy (non-hydrogen) atoms. The van der Waals surface area contributed by atoms with Gasteiger partial charge in [0.05, 0.1) is 6.10 Å². The number of aliphatic hydroxyl groups is 1. The van der Waals surface area contributed by atoms with Crippen LogP contribution in [0.4, 0.5) is 0 Å². The van der Waals surface area contributed by atoms with Gasteiger partial charge in [0.25, 0.3) is 0 Å². The maximum absolute atomic E-state index is 12.3. The van der Waals surface area contributed by atoms with Crippen molar-refractivity contribution in [3.8, 4) is 0 Å². The van der Waals surface area contributed by atoms with Crippen molar-refractivity contribution >= 4 is 5.91 Å². The van der Waals surface area contributed by atoms with Crippen molar-refractivity contribution in [1.82, 2.24) is 5.32 Å². The minimum absolute atomic E-state index is 0.101. The molecule has 0 radical (unpaired) electrons. The van der Waals surface area contributed by atoms with Crippen LogP contribution in [0.5, 0.6) is 0 Å². The van der Waals surface area contributed by atoms with Gasteiger partial charge in [-0.2, -0.15) is 0 Å². The van der Waals surface area contributed by atoms with Gasteiger partial charge in [-0.05, 0) is 42.9 Å². The molecule has 3 nitrogen and oxygen atoms in total. The number of rotatable bonds is 4. The number of aliphatic hydroxyl groups excluding tert-OH is 1. The smallest absolute Gasteiger partial charge is 0.223 e. The van der Waals surface area contributed by atoms with E-state index in [9.17, 15) is 9.90 Å². The molecule has 0 bridgehead atoms. The van der Waals surface area contributed by atoms with Gasteiger partial charge in [0, 0.05) is 12.5 Å². The summed E-state index contributed by atoms with van der Waals surface area (Å²) in [4.78, 5) is 12.3. The van der Waals surface area contributed by atoms with Crippen LogP contribution in [0.15, 0.2) is 0 Å². The van der Waals surface area contributed by atoms with Gasteiger partial charge in [-0.3, -0.25) is 4.79 Å². The van der Waals surface area contributed by atoms with E-state index in [1.807, 2.05) is 0 Å². The van der Waals surface area contributed by atoms with Crippen molar-refractivity contribution in [2.24, 2.45) is 23.2 Å². The lowest BCUT2D eigenvalue weighted by Crippen LogP contribution is -2.40. The number of carbonyl (C=O) groups is 1. The second-order valence-corrected chi connectivity index (χ2v) is 8.48. The topological polar surface area (TPSA) is 49.3 Å². The van der Waals surface area contributed by atoms with Crippen molar-refractivity contribution in [2.75, 3.05) is 6.54 Å². The molecule has 0 spiro atoms. The molecule has 2 N–H and O–H groups in total. The predicted octanol–water partition coefficient (Wildman–Crippen LogP) is 3.51. The molecular formula is C18H33NO2. The van der Waals surface area contributed by atoms with Crippen molar-refractivity contribution in [3.63, 3.8) is 0 Å². The molecule has 2 aliphatic rings. The lowest BCUT2D eigenvalue weighted by Gasteiger charge is -2.38. The molecule has 2 saturated carbocycles. The first-order valence-corrected chi connectivity index (χ1v) is 8.81. The van der Waals surface area contributed by atoms with Crippen LogP contribution in [-0.4, -0.2) is 23.7 Å². The maximum atomic E-state index is 12.3. The molecule has 2 fully saturated rings. The SMILES string of the molecule is CC(C)(C)CC(O)CNC(=O)C1CCC2CCCCC2C1. The molecule has 0 heterocycles. The molecule has 0 aromatic carbocycles. The average Bonchev–Trinajstić information content (AvgIpc) is 2.42. The Hall–Kier alpha value is -0.570. The van der Waals surface area contributed by atoms with E-state index in [-0.39, 0.29) is 17.2 Å². The van der Waals surface area contributed by atoms with Gasteiger partial charge >= 0.3 is 0 Å². The van der Waals surface area contributed by atoms with Crippen molar-refractivity contribution in [1.29, 1.82) is 0 Å². The Labute approximate surface area is 129 Å². The van der Waals surface area contributed by atoms with Gasteiger partial charge in [0.1, 0.15) is 0 Å². The summed E-state index contributed by atoms with van der Waals surface area (Å²) in [7, 11) is 0. The summed E-state index contributed by atoms with van der Waals surface area (Å²) in [6.45, 7) is 6.74. The molecule has 3 heteroatoms. The molecule has 1 amide bonds. The number of hydrogen-bond donors (Lipinski definition) is 2. The number of nitrogens with one attached hydrogen (secondary N) is 1. The van der Waals surface area contributed by atoms with E-state index in [0.29, 0.717) is 6.54 Å². The highest BCUT2D eigenvalue weighted by molar-refractivity contribution is 5.78. The van der Waals surface area contributed by atoms with Crippen LogP contribution in [0.25, 0.3) is 0 Å². The Balaban J connectivity index is 1.73. The fourth-order valence-electron chi connectivity index (χ4n) is 4.25. The van der Waals surface area contributed by atoms with Crippen LogP contribution in [0.1, 0.15) is 72.1 Å². The normalized spacial score (nSPS) is 31.3. The van der Waals surface area contributed by atoms with Crippen LogP contribution in [0, 0.1) is 23.2 Å². The number of hydrogen-bond acceptors (Lipinski definition) is 2. The van der Waals surface area contributed by atoms with Gasteiger partial charge in [0.2, 0.25) is 5.91 Å². The van der Waals surface area contributed by atoms with Crippen LogP contribution >= 0.6 is 0 Å². The zero-order valence-corrected chi connectivity index (χ0v) is 14.0. The van der Waals surface area contributed by atoms with Gasteiger partial charge < -0.3 is 10.4 Å². The minimum atomic E-state index is -0.431. The second-order valence-electron chi connectivity index (χ2n) is 8.48. The van der Waals surface area contributed by atoms with E-state index in [4.69, 9.17) is 0 Å². The maximum Gasteiger partial charge on any atom is 0.223 e. The minimum Gasteiger partial charge on any atom is -0.391 e. The number of carbonyl (C=O) groups excluding carboxylic acids is 1. The number of amides is 1. The Morgan fingerprint density at radius 3 is 2.48 bits per heavy atom. The van der Waals surface area contributed by atoms with Crippen LogP contribution in [0.2, 0.25) is 0 Å². The first kappa shape index (κ1) is 16.8. The van der Waals surface area contributed by atoms with Crippen molar-refractivity contribution in [2.45, 2.75) is 78.2 Å². The van der Waals surface area contributed by atoms with E-state index in [2.05, 4.69) is 26.1 Å². The monoisotopic (exact) mass is 295 g/mol. The van der Waals surface area contributed by atoms with Crippen LogP contribution < -0.4 is 5.32 Å². The van der Waals surface area contributed by atoms with E-state index in [1.165, 1.54) is 32.1 Å². The van der Waals surface area contributed by atoms with E-state index < -0.39 is 6.10 Å². The average molecular weight is 295 g/mol. The molecular weight excluding hydrogens is 262 g/mol. The summed E-state index contributed by atoms with van der Waals surface area (Å²) in [5.74, 6) is 2.02. The first-order valence-electron chi connectivity index (χ1n) is 8.81. The Morgan fingerprint density at radius 1 is 1.14 bits per heavy atom. The van der Waals surface area contributed by atoms with Crippen LogP contribution in [-0.2, 0) is 4.79 Å². The molecule has 0 saturated heterocycles. The molecule has 0 aromatic heterocycles. The molecule has 2 rings (SSSR count). The van der Waals surface area contributed by atoms with Crippen LogP contribution in [0.3, 0.4) is 0 Å². The Kier molecular flexibility index (Phi) is 5.70.